The maximum Gasteiger partial charge on any atom is 0.168 e. The number of halogens is 2. The minimum absolute atomic E-state index is 0.0379. The van der Waals surface area contributed by atoms with Crippen LogP contribution in [0.2, 0.25) is 0 Å². The highest BCUT2D eigenvalue weighted by molar-refractivity contribution is 5.48. The Morgan fingerprint density at radius 1 is 1.32 bits per heavy atom. The van der Waals surface area contributed by atoms with Gasteiger partial charge in [0.2, 0.25) is 0 Å². The minimum atomic E-state index is -0.782. The summed E-state index contributed by atoms with van der Waals surface area (Å²) in [5.74, 6) is -1.64. The van der Waals surface area contributed by atoms with E-state index < -0.39 is 17.2 Å². The smallest absolute Gasteiger partial charge is 0.168 e. The molecule has 0 radical (unpaired) electrons. The highest BCUT2D eigenvalue weighted by atomic mass is 19.1. The number of aliphatic hydroxyl groups is 1. The SMILES string of the molecule is CNc1nc(NC2(CO)CCOCC2)c(F)cc1F. The fraction of sp³-hybridized carbons (Fsp3) is 0.583. The van der Waals surface area contributed by atoms with Crippen LogP contribution in [-0.4, -0.2) is 42.5 Å². The topological polar surface area (TPSA) is 66.4 Å². The summed E-state index contributed by atoms with van der Waals surface area (Å²) in [6.45, 7) is 0.800. The number of pyridine rings is 1. The lowest BCUT2D eigenvalue weighted by molar-refractivity contribution is 0.0377. The molecule has 0 aromatic carbocycles. The van der Waals surface area contributed by atoms with Gasteiger partial charge in [-0.2, -0.15) is 0 Å². The summed E-state index contributed by atoms with van der Waals surface area (Å²) in [7, 11) is 1.50. The molecular formula is C12H17F2N3O2. The van der Waals surface area contributed by atoms with Gasteiger partial charge in [0.1, 0.15) is 0 Å². The Bertz CT molecular complexity index is 451. The van der Waals surface area contributed by atoms with Crippen LogP contribution in [0.5, 0.6) is 0 Å². The second-order valence-corrected chi connectivity index (χ2v) is 4.58. The van der Waals surface area contributed by atoms with Crippen LogP contribution < -0.4 is 10.6 Å². The quantitative estimate of drug-likeness (QED) is 0.773. The van der Waals surface area contributed by atoms with Crippen LogP contribution in [-0.2, 0) is 4.74 Å². The van der Waals surface area contributed by atoms with Gasteiger partial charge in [0.15, 0.2) is 23.3 Å². The van der Waals surface area contributed by atoms with Crippen LogP contribution in [0, 0.1) is 11.6 Å². The first-order chi connectivity index (χ1) is 9.10. The van der Waals surface area contributed by atoms with Gasteiger partial charge in [-0.15, -0.1) is 0 Å². The minimum Gasteiger partial charge on any atom is -0.394 e. The number of nitrogens with one attached hydrogen (secondary N) is 2. The molecule has 1 aromatic heterocycles. The highest BCUT2D eigenvalue weighted by Gasteiger charge is 2.33. The van der Waals surface area contributed by atoms with E-state index in [-0.39, 0.29) is 18.2 Å². The average molecular weight is 273 g/mol. The Morgan fingerprint density at radius 3 is 2.53 bits per heavy atom. The lowest BCUT2D eigenvalue weighted by Crippen LogP contribution is -2.47. The van der Waals surface area contributed by atoms with E-state index in [9.17, 15) is 13.9 Å². The Morgan fingerprint density at radius 2 is 1.95 bits per heavy atom. The second kappa shape index (κ2) is 5.66. The van der Waals surface area contributed by atoms with Crippen molar-refractivity contribution in [3.05, 3.63) is 17.7 Å². The molecule has 1 aromatic rings. The molecule has 0 atom stereocenters. The number of rotatable bonds is 4. The molecule has 1 saturated heterocycles. The lowest BCUT2D eigenvalue weighted by Gasteiger charge is -2.36. The van der Waals surface area contributed by atoms with Gasteiger partial charge in [0.05, 0.1) is 12.1 Å². The van der Waals surface area contributed by atoms with Crippen molar-refractivity contribution in [1.82, 2.24) is 4.98 Å². The number of hydrogen-bond acceptors (Lipinski definition) is 5. The van der Waals surface area contributed by atoms with E-state index in [1.54, 1.807) is 0 Å². The largest absolute Gasteiger partial charge is 0.394 e. The van der Waals surface area contributed by atoms with Crippen molar-refractivity contribution in [2.24, 2.45) is 0 Å². The van der Waals surface area contributed by atoms with Gasteiger partial charge in [0, 0.05) is 26.3 Å². The maximum absolute atomic E-state index is 13.7. The van der Waals surface area contributed by atoms with Crippen molar-refractivity contribution in [3.63, 3.8) is 0 Å². The zero-order valence-corrected chi connectivity index (χ0v) is 10.7. The molecule has 1 aliphatic heterocycles. The van der Waals surface area contributed by atoms with Gasteiger partial charge in [0.25, 0.3) is 0 Å². The third kappa shape index (κ3) is 2.93. The van der Waals surface area contributed by atoms with Crippen molar-refractivity contribution in [3.8, 4) is 0 Å². The molecule has 0 unspecified atom stereocenters. The van der Waals surface area contributed by atoms with Crippen LogP contribution in [0.25, 0.3) is 0 Å². The van der Waals surface area contributed by atoms with Crippen molar-refractivity contribution in [2.45, 2.75) is 18.4 Å². The van der Waals surface area contributed by atoms with Gasteiger partial charge in [-0.25, -0.2) is 13.8 Å². The van der Waals surface area contributed by atoms with Gasteiger partial charge in [-0.3, -0.25) is 0 Å². The Labute approximate surface area is 110 Å². The fourth-order valence-corrected chi connectivity index (χ4v) is 2.07. The molecule has 0 spiro atoms. The zero-order chi connectivity index (χ0) is 13.9. The summed E-state index contributed by atoms with van der Waals surface area (Å²) < 4.78 is 32.3. The van der Waals surface area contributed by atoms with Crippen molar-refractivity contribution in [2.75, 3.05) is 37.5 Å². The Balaban J connectivity index is 2.26. The van der Waals surface area contributed by atoms with E-state index in [0.717, 1.165) is 6.07 Å². The molecule has 2 rings (SSSR count). The average Bonchev–Trinajstić information content (AvgIpc) is 2.43. The van der Waals surface area contributed by atoms with Crippen LogP contribution in [0.4, 0.5) is 20.4 Å². The monoisotopic (exact) mass is 273 g/mol. The Hall–Kier alpha value is -1.47. The van der Waals surface area contributed by atoms with E-state index in [0.29, 0.717) is 26.1 Å². The maximum atomic E-state index is 13.7. The fourth-order valence-electron chi connectivity index (χ4n) is 2.07. The van der Waals surface area contributed by atoms with Crippen molar-refractivity contribution >= 4 is 11.6 Å². The molecule has 7 heteroatoms. The van der Waals surface area contributed by atoms with Crippen LogP contribution in [0.3, 0.4) is 0 Å². The Kier molecular flexibility index (Phi) is 4.16. The van der Waals surface area contributed by atoms with Crippen molar-refractivity contribution in [1.29, 1.82) is 0 Å². The first-order valence-corrected chi connectivity index (χ1v) is 6.11. The summed E-state index contributed by atoms with van der Waals surface area (Å²) >= 11 is 0. The molecule has 0 aliphatic carbocycles. The van der Waals surface area contributed by atoms with E-state index in [1.807, 2.05) is 0 Å². The lowest BCUT2D eigenvalue weighted by atomic mass is 9.91. The van der Waals surface area contributed by atoms with Gasteiger partial charge < -0.3 is 20.5 Å². The molecular weight excluding hydrogens is 256 g/mol. The number of hydrogen-bond donors (Lipinski definition) is 3. The number of ether oxygens (including phenoxy) is 1. The van der Waals surface area contributed by atoms with Gasteiger partial charge in [-0.05, 0) is 12.8 Å². The number of anilines is 2. The third-order valence-electron chi connectivity index (χ3n) is 3.30. The van der Waals surface area contributed by atoms with Crippen LogP contribution >= 0.6 is 0 Å². The second-order valence-electron chi connectivity index (χ2n) is 4.58. The van der Waals surface area contributed by atoms with Crippen LogP contribution in [0.1, 0.15) is 12.8 Å². The summed E-state index contributed by atoms with van der Waals surface area (Å²) in [4.78, 5) is 3.85. The third-order valence-corrected chi connectivity index (χ3v) is 3.30. The molecule has 2 heterocycles. The van der Waals surface area contributed by atoms with Gasteiger partial charge >= 0.3 is 0 Å². The molecule has 5 nitrogen and oxygen atoms in total. The molecule has 106 valence electrons. The van der Waals surface area contributed by atoms with E-state index in [4.69, 9.17) is 4.74 Å². The highest BCUT2D eigenvalue weighted by Crippen LogP contribution is 2.27. The molecule has 3 N–H and O–H groups in total. The summed E-state index contributed by atoms with van der Waals surface area (Å²) in [5, 5.41) is 15.0. The molecule has 0 bridgehead atoms. The number of nitrogens with zero attached hydrogens (tertiary/aromatic N) is 1. The predicted molar refractivity (Wildman–Crippen MR) is 67.2 cm³/mol. The standard InChI is InChI=1S/C12H17F2N3O2/c1-15-10-8(13)6-9(14)11(16-10)17-12(7-18)2-4-19-5-3-12/h6,18H,2-5,7H2,1H3,(H2,15,16,17). The summed E-state index contributed by atoms with van der Waals surface area (Å²) in [6.07, 6.45) is 1.08. The van der Waals surface area contributed by atoms with E-state index >= 15 is 0 Å². The van der Waals surface area contributed by atoms with E-state index in [1.165, 1.54) is 7.05 Å². The summed E-state index contributed by atoms with van der Waals surface area (Å²) in [6, 6.07) is 0.769. The number of aromatic nitrogens is 1. The molecule has 0 saturated carbocycles. The van der Waals surface area contributed by atoms with Crippen molar-refractivity contribution < 1.29 is 18.6 Å². The summed E-state index contributed by atoms with van der Waals surface area (Å²) in [5.41, 5.74) is -0.672. The van der Waals surface area contributed by atoms with E-state index in [2.05, 4.69) is 15.6 Å². The van der Waals surface area contributed by atoms with Crippen LogP contribution in [0.15, 0.2) is 6.07 Å². The first-order valence-electron chi connectivity index (χ1n) is 6.11. The molecule has 1 aliphatic rings. The molecule has 19 heavy (non-hydrogen) atoms. The molecule has 0 amide bonds. The number of aliphatic hydroxyl groups excluding tert-OH is 1. The normalized spacial score (nSPS) is 18.1. The zero-order valence-electron chi connectivity index (χ0n) is 10.7. The first kappa shape index (κ1) is 14.0. The predicted octanol–water partition coefficient (Wildman–Crippen LogP) is 1.35. The molecule has 1 fully saturated rings. The van der Waals surface area contributed by atoms with Gasteiger partial charge in [-0.1, -0.05) is 0 Å².